The second-order valence-corrected chi connectivity index (χ2v) is 3.44. The minimum Gasteiger partial charge on any atom is -0.389 e. The topological polar surface area (TPSA) is 20.2 Å². The van der Waals surface area contributed by atoms with Crippen molar-refractivity contribution in [3.8, 4) is 0 Å². The Morgan fingerprint density at radius 2 is 2.00 bits per heavy atom. The summed E-state index contributed by atoms with van der Waals surface area (Å²) in [5, 5.41) is 8.92. The second kappa shape index (κ2) is 3.77. The van der Waals surface area contributed by atoms with Gasteiger partial charge in [0.2, 0.25) is 0 Å². The Labute approximate surface area is 63.8 Å². The monoisotopic (exact) mass is 142 g/mol. The highest BCUT2D eigenvalue weighted by Gasteiger charge is 2.09. The normalized spacial score (nSPS) is 16.1. The predicted molar refractivity (Wildman–Crippen MR) is 44.9 cm³/mol. The highest BCUT2D eigenvalue weighted by Crippen LogP contribution is 2.21. The van der Waals surface area contributed by atoms with Crippen LogP contribution in [0.3, 0.4) is 0 Å². The van der Waals surface area contributed by atoms with Crippen LogP contribution >= 0.6 is 0 Å². The molecule has 0 saturated carbocycles. The van der Waals surface area contributed by atoms with Gasteiger partial charge in [-0.3, -0.25) is 0 Å². The van der Waals surface area contributed by atoms with Crippen LogP contribution in [-0.2, 0) is 0 Å². The lowest BCUT2D eigenvalue weighted by molar-refractivity contribution is 0.242. The summed E-state index contributed by atoms with van der Waals surface area (Å²) in [5.74, 6) is 0. The van der Waals surface area contributed by atoms with E-state index in [0.717, 1.165) is 6.42 Å². The van der Waals surface area contributed by atoms with Crippen molar-refractivity contribution < 1.29 is 5.11 Å². The Morgan fingerprint density at radius 3 is 2.30 bits per heavy atom. The molecule has 10 heavy (non-hydrogen) atoms. The maximum atomic E-state index is 8.92. The van der Waals surface area contributed by atoms with Gasteiger partial charge in [0.05, 0.1) is 6.10 Å². The number of rotatable bonds is 3. The van der Waals surface area contributed by atoms with Crippen LogP contribution in [0.5, 0.6) is 0 Å². The number of hydrogen-bond donors (Lipinski definition) is 1. The molecule has 0 aliphatic heterocycles. The van der Waals surface area contributed by atoms with Crippen molar-refractivity contribution in [2.45, 2.75) is 40.2 Å². The first-order chi connectivity index (χ1) is 4.48. The Balaban J connectivity index is 3.86. The molecule has 0 radical (unpaired) electrons. The molecule has 0 aliphatic carbocycles. The van der Waals surface area contributed by atoms with E-state index in [1.54, 1.807) is 6.92 Å². The molecule has 0 aromatic rings. The third-order valence-electron chi connectivity index (χ3n) is 1.74. The summed E-state index contributed by atoms with van der Waals surface area (Å²) in [7, 11) is 0. The highest BCUT2D eigenvalue weighted by molar-refractivity contribution is 4.96. The summed E-state index contributed by atoms with van der Waals surface area (Å²) in [6.07, 6.45) is 4.70. The molecule has 1 N–H and O–H groups in total. The van der Waals surface area contributed by atoms with E-state index in [1.807, 2.05) is 6.08 Å². The number of aliphatic hydroxyl groups excluding tert-OH is 1. The summed E-state index contributed by atoms with van der Waals surface area (Å²) >= 11 is 0. The van der Waals surface area contributed by atoms with Crippen LogP contribution < -0.4 is 0 Å². The van der Waals surface area contributed by atoms with Crippen LogP contribution in [0, 0.1) is 5.41 Å². The van der Waals surface area contributed by atoms with Gasteiger partial charge in [-0.1, -0.05) is 32.9 Å². The SMILES string of the molecule is CCC(C)(C)/C=C/C(C)O. The van der Waals surface area contributed by atoms with Gasteiger partial charge in [-0.05, 0) is 18.8 Å². The van der Waals surface area contributed by atoms with E-state index in [4.69, 9.17) is 5.11 Å². The standard InChI is InChI=1S/C9H18O/c1-5-9(3,4)7-6-8(2)10/h6-8,10H,5H2,1-4H3/b7-6+. The molecule has 1 nitrogen and oxygen atoms in total. The van der Waals surface area contributed by atoms with Gasteiger partial charge in [-0.25, -0.2) is 0 Å². The van der Waals surface area contributed by atoms with Gasteiger partial charge in [0, 0.05) is 0 Å². The lowest BCUT2D eigenvalue weighted by Gasteiger charge is -2.16. The molecular formula is C9H18O. The summed E-state index contributed by atoms with van der Waals surface area (Å²) in [6, 6.07) is 0. The average Bonchev–Trinajstić information content (AvgIpc) is 1.85. The Kier molecular flexibility index (Phi) is 3.66. The largest absolute Gasteiger partial charge is 0.389 e. The molecule has 0 aliphatic rings. The van der Waals surface area contributed by atoms with Crippen LogP contribution in [0.1, 0.15) is 34.1 Å². The molecule has 0 rings (SSSR count). The van der Waals surface area contributed by atoms with Crippen molar-refractivity contribution in [2.75, 3.05) is 0 Å². The van der Waals surface area contributed by atoms with Gasteiger partial charge in [0.15, 0.2) is 0 Å². The average molecular weight is 142 g/mol. The van der Waals surface area contributed by atoms with E-state index >= 15 is 0 Å². The van der Waals surface area contributed by atoms with Crippen LogP contribution in [0.2, 0.25) is 0 Å². The van der Waals surface area contributed by atoms with Crippen LogP contribution in [-0.4, -0.2) is 11.2 Å². The quantitative estimate of drug-likeness (QED) is 0.600. The van der Waals surface area contributed by atoms with E-state index < -0.39 is 0 Å². The molecule has 1 unspecified atom stereocenters. The zero-order valence-corrected chi connectivity index (χ0v) is 7.39. The lowest BCUT2D eigenvalue weighted by Crippen LogP contribution is -2.06. The number of aliphatic hydroxyl groups is 1. The molecule has 0 spiro atoms. The first-order valence-corrected chi connectivity index (χ1v) is 3.85. The minimum atomic E-state index is -0.314. The molecule has 1 heteroatoms. The van der Waals surface area contributed by atoms with Crippen molar-refractivity contribution in [2.24, 2.45) is 5.41 Å². The molecule has 0 saturated heterocycles. The van der Waals surface area contributed by atoms with Gasteiger partial charge in [0.25, 0.3) is 0 Å². The van der Waals surface area contributed by atoms with Gasteiger partial charge in [-0.15, -0.1) is 0 Å². The molecule has 0 aromatic carbocycles. The fourth-order valence-electron chi connectivity index (χ4n) is 0.518. The fourth-order valence-corrected chi connectivity index (χ4v) is 0.518. The molecule has 0 amide bonds. The Bertz CT molecular complexity index is 112. The van der Waals surface area contributed by atoms with Crippen molar-refractivity contribution in [1.82, 2.24) is 0 Å². The minimum absolute atomic E-state index is 0.233. The first-order valence-electron chi connectivity index (χ1n) is 3.85. The summed E-state index contributed by atoms with van der Waals surface area (Å²) < 4.78 is 0. The fraction of sp³-hybridized carbons (Fsp3) is 0.778. The lowest BCUT2D eigenvalue weighted by atomic mass is 9.90. The van der Waals surface area contributed by atoms with Gasteiger partial charge in [-0.2, -0.15) is 0 Å². The first kappa shape index (κ1) is 9.70. The summed E-state index contributed by atoms with van der Waals surface area (Å²) in [5.41, 5.74) is 0.233. The van der Waals surface area contributed by atoms with E-state index in [0.29, 0.717) is 0 Å². The van der Waals surface area contributed by atoms with Crippen LogP contribution in [0.4, 0.5) is 0 Å². The van der Waals surface area contributed by atoms with E-state index in [9.17, 15) is 0 Å². The Hall–Kier alpha value is -0.300. The second-order valence-electron chi connectivity index (χ2n) is 3.44. The van der Waals surface area contributed by atoms with Crippen LogP contribution in [0.25, 0.3) is 0 Å². The molecule has 0 fully saturated rings. The molecule has 1 atom stereocenters. The number of hydrogen-bond acceptors (Lipinski definition) is 1. The van der Waals surface area contributed by atoms with Crippen LogP contribution in [0.15, 0.2) is 12.2 Å². The highest BCUT2D eigenvalue weighted by atomic mass is 16.3. The molecule has 0 aromatic heterocycles. The van der Waals surface area contributed by atoms with Crippen molar-refractivity contribution in [3.63, 3.8) is 0 Å². The van der Waals surface area contributed by atoms with E-state index in [2.05, 4.69) is 26.8 Å². The Morgan fingerprint density at radius 1 is 1.50 bits per heavy atom. The van der Waals surface area contributed by atoms with Crippen molar-refractivity contribution >= 4 is 0 Å². The maximum absolute atomic E-state index is 8.92. The van der Waals surface area contributed by atoms with E-state index in [1.165, 1.54) is 0 Å². The maximum Gasteiger partial charge on any atom is 0.0692 e. The van der Waals surface area contributed by atoms with Gasteiger partial charge in [0.1, 0.15) is 0 Å². The van der Waals surface area contributed by atoms with Gasteiger partial charge < -0.3 is 5.11 Å². The van der Waals surface area contributed by atoms with E-state index in [-0.39, 0.29) is 11.5 Å². The third-order valence-corrected chi connectivity index (χ3v) is 1.74. The van der Waals surface area contributed by atoms with Crippen molar-refractivity contribution in [1.29, 1.82) is 0 Å². The summed E-state index contributed by atoms with van der Waals surface area (Å²) in [6.45, 7) is 8.23. The summed E-state index contributed by atoms with van der Waals surface area (Å²) in [4.78, 5) is 0. The molecule has 0 heterocycles. The number of allylic oxidation sites excluding steroid dienone is 1. The molecule has 0 bridgehead atoms. The molecular weight excluding hydrogens is 124 g/mol. The predicted octanol–water partition coefficient (Wildman–Crippen LogP) is 2.36. The zero-order valence-electron chi connectivity index (χ0n) is 7.39. The molecule has 60 valence electrons. The van der Waals surface area contributed by atoms with Gasteiger partial charge >= 0.3 is 0 Å². The third kappa shape index (κ3) is 4.57. The van der Waals surface area contributed by atoms with Crippen molar-refractivity contribution in [3.05, 3.63) is 12.2 Å². The zero-order chi connectivity index (χ0) is 8.20. The smallest absolute Gasteiger partial charge is 0.0692 e.